The molecule has 0 aliphatic rings. The van der Waals surface area contributed by atoms with Crippen molar-refractivity contribution in [1.29, 1.82) is 0 Å². The Labute approximate surface area is 128 Å². The summed E-state index contributed by atoms with van der Waals surface area (Å²) in [6.45, 7) is 2.95. The van der Waals surface area contributed by atoms with Crippen molar-refractivity contribution in [2.45, 2.75) is 13.5 Å². The summed E-state index contributed by atoms with van der Waals surface area (Å²) in [6.07, 6.45) is 0. The molecule has 0 saturated heterocycles. The second-order valence-electron chi connectivity index (χ2n) is 4.30. The average molecular weight is 309 g/mol. The van der Waals surface area contributed by atoms with E-state index in [1.165, 1.54) is 0 Å². The predicted molar refractivity (Wildman–Crippen MR) is 82.4 cm³/mol. The van der Waals surface area contributed by atoms with E-state index in [4.69, 9.17) is 22.2 Å². The molecule has 0 atom stereocenters. The van der Waals surface area contributed by atoms with E-state index in [9.17, 15) is 0 Å². The molecule has 3 N–H and O–H groups in total. The van der Waals surface area contributed by atoms with E-state index in [1.54, 1.807) is 0 Å². The average Bonchev–Trinajstić information content (AvgIpc) is 2.49. The van der Waals surface area contributed by atoms with Gasteiger partial charge in [0.25, 0.3) is 0 Å². The Balaban J connectivity index is 2.19. The molecule has 2 aromatic rings. The Bertz CT molecular complexity index is 592. The number of hydrogen-bond acceptors (Lipinski definition) is 7. The normalized spacial score (nSPS) is 10.3. The zero-order valence-electron chi connectivity index (χ0n) is 11.9. The molecular weight excluding hydrogens is 292 g/mol. The molecule has 0 amide bonds. The van der Waals surface area contributed by atoms with E-state index >= 15 is 0 Å². The third kappa shape index (κ3) is 4.17. The third-order valence-corrected chi connectivity index (χ3v) is 2.93. The van der Waals surface area contributed by atoms with Crippen LogP contribution in [0.4, 0.5) is 11.9 Å². The monoisotopic (exact) mass is 308 g/mol. The molecule has 0 unspecified atom stereocenters. The highest BCUT2D eigenvalue weighted by atomic mass is 35.5. The molecule has 7 nitrogen and oxygen atoms in total. The van der Waals surface area contributed by atoms with Gasteiger partial charge in [-0.25, -0.2) is 5.84 Å². The number of anilines is 2. The van der Waals surface area contributed by atoms with Crippen LogP contribution in [0.3, 0.4) is 0 Å². The van der Waals surface area contributed by atoms with Gasteiger partial charge >= 0.3 is 6.01 Å². The number of rotatable bonds is 6. The smallest absolute Gasteiger partial charge is 0.323 e. The number of nitrogen functional groups attached to an aromatic ring is 1. The first-order valence-electron chi connectivity index (χ1n) is 6.43. The van der Waals surface area contributed by atoms with Crippen molar-refractivity contribution >= 4 is 23.5 Å². The second kappa shape index (κ2) is 7.05. The summed E-state index contributed by atoms with van der Waals surface area (Å²) in [7, 11) is 1.87. The molecule has 0 radical (unpaired) electrons. The van der Waals surface area contributed by atoms with E-state index in [-0.39, 0.29) is 12.0 Å². The van der Waals surface area contributed by atoms with Crippen molar-refractivity contribution in [3.05, 3.63) is 34.9 Å². The van der Waals surface area contributed by atoms with Crippen molar-refractivity contribution in [2.24, 2.45) is 5.84 Å². The molecule has 1 aromatic carbocycles. The van der Waals surface area contributed by atoms with Gasteiger partial charge in [-0.15, -0.1) is 0 Å². The fraction of sp³-hybridized carbons (Fsp3) is 0.308. The molecule has 1 aromatic heterocycles. The number of nitrogens with one attached hydrogen (secondary N) is 1. The molecule has 0 aliphatic carbocycles. The molecule has 0 aliphatic heterocycles. The fourth-order valence-corrected chi connectivity index (χ4v) is 1.84. The molecule has 0 spiro atoms. The minimum Gasteiger partial charge on any atom is -0.464 e. The van der Waals surface area contributed by atoms with Gasteiger partial charge in [0.1, 0.15) is 0 Å². The van der Waals surface area contributed by atoms with Crippen molar-refractivity contribution in [1.82, 2.24) is 15.0 Å². The highest BCUT2D eigenvalue weighted by Crippen LogP contribution is 2.17. The minimum absolute atomic E-state index is 0.235. The second-order valence-corrected chi connectivity index (χ2v) is 4.74. The van der Waals surface area contributed by atoms with Crippen LogP contribution in [0.2, 0.25) is 5.02 Å². The van der Waals surface area contributed by atoms with Gasteiger partial charge in [0.15, 0.2) is 0 Å². The van der Waals surface area contributed by atoms with E-state index < -0.39 is 0 Å². The van der Waals surface area contributed by atoms with Crippen LogP contribution in [0.1, 0.15) is 12.5 Å². The molecule has 112 valence electrons. The topological polar surface area (TPSA) is 89.2 Å². The first kappa shape index (κ1) is 15.3. The summed E-state index contributed by atoms with van der Waals surface area (Å²) < 4.78 is 5.30. The van der Waals surface area contributed by atoms with Gasteiger partial charge in [-0.1, -0.05) is 23.7 Å². The molecule has 21 heavy (non-hydrogen) atoms. The zero-order chi connectivity index (χ0) is 15.2. The minimum atomic E-state index is 0.235. The van der Waals surface area contributed by atoms with Gasteiger partial charge in [-0.2, -0.15) is 15.0 Å². The SMILES string of the molecule is CCOc1nc(NN)nc(N(C)Cc2ccc(Cl)cc2)n1. The maximum absolute atomic E-state index is 5.88. The molecule has 0 fully saturated rings. The van der Waals surface area contributed by atoms with Gasteiger partial charge in [0.2, 0.25) is 11.9 Å². The van der Waals surface area contributed by atoms with Crippen LogP contribution in [-0.2, 0) is 6.54 Å². The fourth-order valence-electron chi connectivity index (χ4n) is 1.71. The largest absolute Gasteiger partial charge is 0.464 e. The summed E-state index contributed by atoms with van der Waals surface area (Å²) in [4.78, 5) is 14.3. The van der Waals surface area contributed by atoms with Gasteiger partial charge < -0.3 is 9.64 Å². The van der Waals surface area contributed by atoms with Crippen LogP contribution in [0.25, 0.3) is 0 Å². The number of halogens is 1. The maximum atomic E-state index is 5.88. The molecule has 2 rings (SSSR count). The molecule has 1 heterocycles. The molecule has 8 heteroatoms. The quantitative estimate of drug-likeness (QED) is 0.621. The van der Waals surface area contributed by atoms with Crippen LogP contribution >= 0.6 is 11.6 Å². The first-order chi connectivity index (χ1) is 10.1. The predicted octanol–water partition coefficient (Wildman–Crippen LogP) is 1.85. The first-order valence-corrected chi connectivity index (χ1v) is 6.81. The van der Waals surface area contributed by atoms with Crippen LogP contribution in [0.5, 0.6) is 6.01 Å². The Hall–Kier alpha value is -2.12. The van der Waals surface area contributed by atoms with Gasteiger partial charge in [-0.05, 0) is 24.6 Å². The highest BCUT2D eigenvalue weighted by Gasteiger charge is 2.11. The Morgan fingerprint density at radius 3 is 2.57 bits per heavy atom. The number of aromatic nitrogens is 3. The van der Waals surface area contributed by atoms with Crippen molar-refractivity contribution in [3.63, 3.8) is 0 Å². The molecular formula is C13H17ClN6O. The lowest BCUT2D eigenvalue weighted by Gasteiger charge is -2.18. The van der Waals surface area contributed by atoms with E-state index in [2.05, 4.69) is 20.4 Å². The summed E-state index contributed by atoms with van der Waals surface area (Å²) in [6, 6.07) is 7.82. The highest BCUT2D eigenvalue weighted by molar-refractivity contribution is 6.30. The van der Waals surface area contributed by atoms with Crippen molar-refractivity contribution in [2.75, 3.05) is 24.0 Å². The third-order valence-electron chi connectivity index (χ3n) is 2.68. The number of nitrogens with zero attached hydrogens (tertiary/aromatic N) is 4. The standard InChI is InChI=1S/C13H17ClN6O/c1-3-21-13-17-11(19-15)16-12(18-13)20(2)8-9-4-6-10(14)7-5-9/h4-7H,3,8,15H2,1-2H3,(H,16,17,18,19). The number of benzene rings is 1. The summed E-state index contributed by atoms with van der Waals surface area (Å²) in [5.41, 5.74) is 3.49. The lowest BCUT2D eigenvalue weighted by Crippen LogP contribution is -2.21. The Kier molecular flexibility index (Phi) is 5.13. The number of hydrazine groups is 1. The zero-order valence-corrected chi connectivity index (χ0v) is 12.6. The number of nitrogens with two attached hydrogens (primary N) is 1. The van der Waals surface area contributed by atoms with Gasteiger partial charge in [-0.3, -0.25) is 5.43 Å². The number of ether oxygens (including phenoxy) is 1. The number of hydrogen-bond donors (Lipinski definition) is 2. The molecule has 0 saturated carbocycles. The summed E-state index contributed by atoms with van der Waals surface area (Å²) in [5.74, 6) is 6.09. The van der Waals surface area contributed by atoms with Crippen molar-refractivity contribution < 1.29 is 4.74 Å². The Morgan fingerprint density at radius 2 is 1.95 bits per heavy atom. The summed E-state index contributed by atoms with van der Waals surface area (Å²) >= 11 is 5.88. The van der Waals surface area contributed by atoms with Crippen molar-refractivity contribution in [3.8, 4) is 6.01 Å². The van der Waals surface area contributed by atoms with Crippen LogP contribution in [0.15, 0.2) is 24.3 Å². The van der Waals surface area contributed by atoms with Gasteiger partial charge in [0.05, 0.1) is 6.61 Å². The van der Waals surface area contributed by atoms with E-state index in [0.29, 0.717) is 24.1 Å². The lowest BCUT2D eigenvalue weighted by atomic mass is 10.2. The van der Waals surface area contributed by atoms with Crippen LogP contribution in [0, 0.1) is 0 Å². The van der Waals surface area contributed by atoms with Crippen LogP contribution in [-0.4, -0.2) is 28.6 Å². The summed E-state index contributed by atoms with van der Waals surface area (Å²) in [5, 5.41) is 0.704. The molecule has 0 bridgehead atoms. The lowest BCUT2D eigenvalue weighted by molar-refractivity contribution is 0.312. The Morgan fingerprint density at radius 1 is 1.24 bits per heavy atom. The van der Waals surface area contributed by atoms with E-state index in [0.717, 1.165) is 5.56 Å². The maximum Gasteiger partial charge on any atom is 0.323 e. The van der Waals surface area contributed by atoms with E-state index in [1.807, 2.05) is 43.1 Å². The van der Waals surface area contributed by atoms with Crippen LogP contribution < -0.4 is 20.9 Å². The van der Waals surface area contributed by atoms with Gasteiger partial charge in [0, 0.05) is 18.6 Å².